The van der Waals surface area contributed by atoms with Crippen molar-refractivity contribution in [2.75, 3.05) is 26.4 Å². The van der Waals surface area contributed by atoms with E-state index in [-0.39, 0.29) is 0 Å². The molecule has 2 unspecified atom stereocenters. The molecule has 8 N–H and O–H groups in total. The average Bonchev–Trinajstić information content (AvgIpc) is 3.20. The molecule has 2 atom stereocenters. The van der Waals surface area contributed by atoms with Gasteiger partial charge in [0, 0.05) is 0 Å². The van der Waals surface area contributed by atoms with Crippen molar-refractivity contribution in [3.8, 4) is 6.26 Å². The number of allylic oxidation sites excluding steroid dienone is 3. The van der Waals surface area contributed by atoms with Gasteiger partial charge in [0.15, 0.2) is 6.10 Å². The number of phosphoric ester groups is 2. The number of ether oxygens (including phenoxy) is 3. The van der Waals surface area contributed by atoms with Crippen molar-refractivity contribution in [3.63, 3.8) is 0 Å². The lowest BCUT2D eigenvalue weighted by atomic mass is 9.92. The van der Waals surface area contributed by atoms with Crippen LogP contribution in [0.5, 0.6) is 0 Å². The van der Waals surface area contributed by atoms with Crippen LogP contribution in [0.4, 0.5) is 9.59 Å². The topological polar surface area (TPSA) is 284 Å². The zero-order valence-electron chi connectivity index (χ0n) is 38.2. The van der Waals surface area contributed by atoms with Gasteiger partial charge in [0.1, 0.15) is 18.3 Å². The molecule has 0 fully saturated rings. The van der Waals surface area contributed by atoms with E-state index in [1.807, 2.05) is 107 Å². The zero-order chi connectivity index (χ0) is 50.0. The number of carbonyl (C=O) groups excluding carboxylic acids is 2. The Bertz CT molecular complexity index is 2240. The Morgan fingerprint density at radius 2 is 1.06 bits per heavy atom. The lowest BCUT2D eigenvalue weighted by molar-refractivity contribution is 0.00917. The number of aliphatic hydroxyl groups is 2. The maximum atomic E-state index is 12.8. The lowest BCUT2D eigenvalue weighted by Crippen LogP contribution is -2.45. The smallest absolute Gasteiger partial charge is 0.445 e. The van der Waals surface area contributed by atoms with E-state index in [1.54, 1.807) is 34.0 Å². The first-order chi connectivity index (χ1) is 29.8. The largest absolute Gasteiger partial charge is 0.469 e. The number of phosphoric acid groups is 2. The fourth-order valence-electron chi connectivity index (χ4n) is 5.25. The maximum Gasteiger partial charge on any atom is 0.469 e. The van der Waals surface area contributed by atoms with E-state index in [2.05, 4.69) is 39.4 Å². The number of carbonyl (C=O) groups is 2. The number of alkyl carbamates (subject to hydrolysis) is 2. The molecule has 0 aliphatic carbocycles. The third-order valence-electron chi connectivity index (χ3n) is 9.08. The molecule has 0 heterocycles. The average molecular weight is 948 g/mol. The van der Waals surface area contributed by atoms with Crippen LogP contribution in [0.25, 0.3) is 16.7 Å². The molecule has 18 nitrogen and oxygen atoms in total. The van der Waals surface area contributed by atoms with E-state index in [0.717, 1.165) is 50.1 Å². The first kappa shape index (κ1) is 57.9. The van der Waals surface area contributed by atoms with E-state index >= 15 is 0 Å². The van der Waals surface area contributed by atoms with Crippen LogP contribution in [0, 0.1) is 11.5 Å². The molecule has 3 rings (SSSR count). The highest BCUT2D eigenvalue weighted by molar-refractivity contribution is 7.46. The molecule has 0 bridgehead atoms. The second-order valence-electron chi connectivity index (χ2n) is 16.3. The number of rotatable bonds is 19. The first-order valence-corrected chi connectivity index (χ1v) is 22.9. The second-order valence-corrected chi connectivity index (χ2v) is 18.8. The summed E-state index contributed by atoms with van der Waals surface area (Å²) in [7, 11) is -9.39. The summed E-state index contributed by atoms with van der Waals surface area (Å²) in [4.78, 5) is 59.8. The third-order valence-corrected chi connectivity index (χ3v) is 10.1. The van der Waals surface area contributed by atoms with Crippen LogP contribution >= 0.6 is 15.6 Å². The quantitative estimate of drug-likeness (QED) is 0.0421. The fourth-order valence-corrected chi connectivity index (χ4v) is 5.98. The Hall–Kier alpha value is -5.15. The van der Waals surface area contributed by atoms with Gasteiger partial charge in [0.05, 0.1) is 30.9 Å². The van der Waals surface area contributed by atoms with Crippen LogP contribution in [0.2, 0.25) is 0 Å². The first-order valence-electron chi connectivity index (χ1n) is 19.8. The summed E-state index contributed by atoms with van der Waals surface area (Å²) >= 11 is 0. The van der Waals surface area contributed by atoms with Crippen molar-refractivity contribution < 1.29 is 71.8 Å². The Kier molecular flexibility index (Phi) is 22.7. The van der Waals surface area contributed by atoms with Gasteiger partial charge in [-0.3, -0.25) is 9.05 Å². The van der Waals surface area contributed by atoms with Gasteiger partial charge in [-0.05, 0) is 114 Å². The molecule has 65 heavy (non-hydrogen) atoms. The Balaban J connectivity index is 0.000000684. The van der Waals surface area contributed by atoms with E-state index < -0.39 is 83.1 Å². The number of nitriles is 1. The van der Waals surface area contributed by atoms with Crippen molar-refractivity contribution in [2.24, 2.45) is 0 Å². The Morgan fingerprint density at radius 1 is 0.677 bits per heavy atom. The molecule has 3 aromatic carbocycles. The standard InChI is InChI=1S/C29H39N2O8P.C13H15NO.C3H9O6P/c1-19(2)21-11-9-13-23(15-21)28(5,6)30-26(32)37-17-25(18-38-40(34,35)36)39-27(33)31-29(7,8)24-14-10-12-22(16-24)20(3)4;1-10(2)11-6-5-7-12(8-11)13(3,4)15-9-14;4-1-3(5)2-9-10(6,7)8/h9-16,25H,1,3,17-18H2,2,4-8H3,(H,30,32)(H,31,33)(H2,34,35,36);5-8H,1H2,2-4H3;3-5H,1-2H2,(H2,6,7,8). The van der Waals surface area contributed by atoms with Crippen molar-refractivity contribution in [3.05, 3.63) is 126 Å². The van der Waals surface area contributed by atoms with Crippen LogP contribution in [0.15, 0.2) is 92.5 Å². The number of hydrogen-bond donors (Lipinski definition) is 8. The summed E-state index contributed by atoms with van der Waals surface area (Å²) in [6.07, 6.45) is -2.55. The van der Waals surface area contributed by atoms with Gasteiger partial charge in [-0.25, -0.2) is 18.7 Å². The van der Waals surface area contributed by atoms with Gasteiger partial charge < -0.3 is 54.6 Å². The molecule has 0 radical (unpaired) electrons. The zero-order valence-corrected chi connectivity index (χ0v) is 40.0. The molecule has 0 aliphatic heterocycles. The number of aliphatic hydroxyl groups excluding tert-OH is 2. The summed E-state index contributed by atoms with van der Waals surface area (Å²) in [5, 5.41) is 30.7. The maximum absolute atomic E-state index is 12.8. The van der Waals surface area contributed by atoms with E-state index in [9.17, 15) is 18.7 Å². The van der Waals surface area contributed by atoms with Gasteiger partial charge in [-0.15, -0.1) is 0 Å². The van der Waals surface area contributed by atoms with Gasteiger partial charge in [-0.1, -0.05) is 91.1 Å². The number of benzene rings is 3. The summed E-state index contributed by atoms with van der Waals surface area (Å²) < 4.78 is 45.2. The molecule has 0 aliphatic rings. The Morgan fingerprint density at radius 3 is 1.45 bits per heavy atom. The van der Waals surface area contributed by atoms with Crippen LogP contribution < -0.4 is 10.6 Å². The van der Waals surface area contributed by atoms with Gasteiger partial charge in [0.25, 0.3) is 6.26 Å². The van der Waals surface area contributed by atoms with Gasteiger partial charge in [0.2, 0.25) is 0 Å². The fraction of sp³-hybridized carbons (Fsp3) is 0.400. The second kappa shape index (κ2) is 25.5. The van der Waals surface area contributed by atoms with Crippen molar-refractivity contribution in [2.45, 2.75) is 91.2 Å². The van der Waals surface area contributed by atoms with E-state index in [4.69, 9.17) is 49.3 Å². The van der Waals surface area contributed by atoms with Crippen LogP contribution in [-0.2, 0) is 49.1 Å². The van der Waals surface area contributed by atoms with Crippen LogP contribution in [0.3, 0.4) is 0 Å². The minimum atomic E-state index is -4.88. The number of nitrogens with zero attached hydrogens (tertiary/aromatic N) is 1. The molecule has 0 saturated heterocycles. The van der Waals surface area contributed by atoms with E-state index in [0.29, 0.717) is 0 Å². The van der Waals surface area contributed by atoms with E-state index in [1.165, 1.54) is 0 Å². The molecule has 0 saturated carbocycles. The monoisotopic (exact) mass is 947 g/mol. The number of amides is 2. The molecular weight excluding hydrogens is 884 g/mol. The van der Waals surface area contributed by atoms with Gasteiger partial charge in [-0.2, -0.15) is 5.26 Å². The van der Waals surface area contributed by atoms with Gasteiger partial charge >= 0.3 is 27.8 Å². The molecule has 0 spiro atoms. The summed E-state index contributed by atoms with van der Waals surface area (Å²) in [6, 6.07) is 22.9. The third kappa shape index (κ3) is 22.5. The molecule has 20 heteroatoms. The van der Waals surface area contributed by atoms with Crippen molar-refractivity contribution in [1.82, 2.24) is 10.6 Å². The number of nitrogens with one attached hydrogen (secondary N) is 2. The highest BCUT2D eigenvalue weighted by Crippen LogP contribution is 2.36. The highest BCUT2D eigenvalue weighted by atomic mass is 31.2. The number of hydrogen-bond acceptors (Lipinski definition) is 12. The van der Waals surface area contributed by atoms with Crippen LogP contribution in [0.1, 0.15) is 95.7 Å². The van der Waals surface area contributed by atoms with Crippen LogP contribution in [-0.4, -0.2) is 80.6 Å². The molecule has 3 aromatic rings. The molecule has 0 aromatic heterocycles. The predicted octanol–water partition coefficient (Wildman–Crippen LogP) is 7.75. The SMILES string of the molecule is C=C(C)c1cccc(C(C)(C)NC(=O)OCC(COP(=O)(O)O)OC(=O)NC(C)(C)c2cccc(C(=C)C)c2)c1.C=C(C)c1cccc(C(C)(C)OC#N)c1.O=P(O)(O)OCC(O)CO. The normalized spacial score (nSPS) is 12.6. The summed E-state index contributed by atoms with van der Waals surface area (Å²) in [6.45, 7) is 25.9. The predicted molar refractivity (Wildman–Crippen MR) is 246 cm³/mol. The minimum Gasteiger partial charge on any atom is -0.445 e. The highest BCUT2D eigenvalue weighted by Gasteiger charge is 2.30. The Labute approximate surface area is 381 Å². The molecule has 2 amide bonds. The minimum absolute atomic E-state index is 0.521. The molecule has 358 valence electrons. The van der Waals surface area contributed by atoms with Crippen molar-refractivity contribution in [1.29, 1.82) is 5.26 Å². The summed E-state index contributed by atoms with van der Waals surface area (Å²) in [5.74, 6) is 0. The summed E-state index contributed by atoms with van der Waals surface area (Å²) in [5.41, 5.74) is 5.90. The van der Waals surface area contributed by atoms with Crippen molar-refractivity contribution >= 4 is 44.6 Å². The molecular formula is C45H63N3O15P2. The lowest BCUT2D eigenvalue weighted by Gasteiger charge is -2.29.